The first-order chi connectivity index (χ1) is 12.4. The number of nitrogens with zero attached hydrogens (tertiary/aromatic N) is 1. The second kappa shape index (κ2) is 8.23. The Hall–Kier alpha value is -1.85. The van der Waals surface area contributed by atoms with Crippen molar-refractivity contribution in [1.82, 2.24) is 4.90 Å². The van der Waals surface area contributed by atoms with Crippen molar-refractivity contribution in [3.63, 3.8) is 0 Å². The minimum Gasteiger partial charge on any atom is -0.342 e. The summed E-state index contributed by atoms with van der Waals surface area (Å²) in [5.74, 6) is 0.0468. The van der Waals surface area contributed by atoms with E-state index in [1.807, 2.05) is 48.4 Å². The van der Waals surface area contributed by atoms with Crippen LogP contribution in [0.25, 0.3) is 0 Å². The van der Waals surface area contributed by atoms with Gasteiger partial charge in [-0.2, -0.15) is 0 Å². The molecule has 0 unspecified atom stereocenters. The highest BCUT2D eigenvalue weighted by atomic mass is 35.5. The minimum atomic E-state index is -0.0856. The Labute approximate surface area is 163 Å². The van der Waals surface area contributed by atoms with E-state index in [0.29, 0.717) is 43.1 Å². The summed E-state index contributed by atoms with van der Waals surface area (Å²) < 4.78 is 0. The second-order valence-corrected chi connectivity index (χ2v) is 8.28. The number of aryl methyl sites for hydroxylation is 2. The number of halogens is 1. The lowest BCUT2D eigenvalue weighted by molar-refractivity contribution is -0.133. The van der Waals surface area contributed by atoms with Crippen molar-refractivity contribution in [2.24, 2.45) is 5.92 Å². The molecular weight excluding hydrogens is 368 g/mol. The third-order valence-electron chi connectivity index (χ3n) is 4.80. The molecule has 2 aromatic rings. The van der Waals surface area contributed by atoms with Gasteiger partial charge in [0, 0.05) is 23.9 Å². The van der Waals surface area contributed by atoms with Gasteiger partial charge in [-0.3, -0.25) is 9.59 Å². The van der Waals surface area contributed by atoms with E-state index in [2.05, 4.69) is 5.32 Å². The number of likely N-dealkylation sites (tertiary alicyclic amines) is 1. The topological polar surface area (TPSA) is 49.4 Å². The number of carbonyl (C=O) groups excluding carboxylic acids is 2. The Balaban J connectivity index is 1.54. The molecule has 0 bridgehead atoms. The van der Waals surface area contributed by atoms with Crippen LogP contribution in [0.1, 0.15) is 28.8 Å². The number of anilines is 1. The molecule has 2 amide bonds. The molecule has 1 N–H and O–H groups in total. The summed E-state index contributed by atoms with van der Waals surface area (Å²) in [5.41, 5.74) is 2.73. The van der Waals surface area contributed by atoms with Crippen molar-refractivity contribution in [2.45, 2.75) is 33.1 Å². The molecule has 1 aliphatic heterocycles. The van der Waals surface area contributed by atoms with E-state index in [1.54, 1.807) is 11.3 Å². The maximum atomic E-state index is 12.6. The van der Waals surface area contributed by atoms with Crippen molar-refractivity contribution >= 4 is 40.4 Å². The highest BCUT2D eigenvalue weighted by Crippen LogP contribution is 2.29. The Morgan fingerprint density at radius 1 is 1.27 bits per heavy atom. The zero-order chi connectivity index (χ0) is 18.7. The van der Waals surface area contributed by atoms with Crippen molar-refractivity contribution in [3.05, 3.63) is 50.7 Å². The summed E-state index contributed by atoms with van der Waals surface area (Å²) in [7, 11) is 0. The fraction of sp³-hybridized carbons (Fsp3) is 0.400. The van der Waals surface area contributed by atoms with Gasteiger partial charge in [0.15, 0.2) is 0 Å². The quantitative estimate of drug-likeness (QED) is 0.839. The Bertz CT molecular complexity index is 773. The van der Waals surface area contributed by atoms with E-state index in [0.717, 1.165) is 16.0 Å². The molecule has 1 aromatic carbocycles. The summed E-state index contributed by atoms with van der Waals surface area (Å²) in [6, 6.07) is 7.81. The van der Waals surface area contributed by atoms with Gasteiger partial charge in [-0.05, 0) is 55.3 Å². The van der Waals surface area contributed by atoms with Gasteiger partial charge in [0.25, 0.3) is 0 Å². The number of thiophene rings is 1. The number of hydrogen-bond acceptors (Lipinski definition) is 3. The summed E-state index contributed by atoms with van der Waals surface area (Å²) in [4.78, 5) is 27.9. The number of nitrogens with one attached hydrogen (secondary N) is 1. The van der Waals surface area contributed by atoms with Gasteiger partial charge in [-0.15, -0.1) is 11.3 Å². The molecule has 0 aliphatic carbocycles. The fourth-order valence-corrected chi connectivity index (χ4v) is 4.43. The van der Waals surface area contributed by atoms with E-state index in [-0.39, 0.29) is 17.7 Å². The number of benzene rings is 1. The minimum absolute atomic E-state index is 0.00999. The summed E-state index contributed by atoms with van der Waals surface area (Å²) >= 11 is 7.88. The third kappa shape index (κ3) is 4.46. The van der Waals surface area contributed by atoms with E-state index >= 15 is 0 Å². The zero-order valence-corrected chi connectivity index (χ0v) is 16.6. The molecule has 1 aromatic heterocycles. The molecule has 138 valence electrons. The van der Waals surface area contributed by atoms with E-state index in [4.69, 9.17) is 11.6 Å². The largest absolute Gasteiger partial charge is 0.342 e. The molecule has 26 heavy (non-hydrogen) atoms. The lowest BCUT2D eigenvalue weighted by Gasteiger charge is -2.31. The highest BCUT2D eigenvalue weighted by molar-refractivity contribution is 7.10. The lowest BCUT2D eigenvalue weighted by Crippen LogP contribution is -2.42. The summed E-state index contributed by atoms with van der Waals surface area (Å²) in [6.07, 6.45) is 1.82. The van der Waals surface area contributed by atoms with E-state index in [1.165, 1.54) is 0 Å². The Morgan fingerprint density at radius 2 is 2.00 bits per heavy atom. The van der Waals surface area contributed by atoms with Crippen LogP contribution in [0.2, 0.25) is 5.02 Å². The normalized spacial score (nSPS) is 15.1. The third-order valence-corrected chi connectivity index (χ3v) is 5.98. The van der Waals surface area contributed by atoms with Gasteiger partial charge < -0.3 is 10.2 Å². The molecule has 0 radical (unpaired) electrons. The smallest absolute Gasteiger partial charge is 0.227 e. The molecule has 1 saturated heterocycles. The first-order valence-electron chi connectivity index (χ1n) is 8.82. The average molecular weight is 391 g/mol. The molecule has 2 heterocycles. The molecule has 0 saturated carbocycles. The van der Waals surface area contributed by atoms with Crippen molar-refractivity contribution in [2.75, 3.05) is 18.4 Å². The van der Waals surface area contributed by atoms with Crippen LogP contribution in [0.15, 0.2) is 29.6 Å². The van der Waals surface area contributed by atoms with E-state index < -0.39 is 0 Å². The van der Waals surface area contributed by atoms with Crippen LogP contribution >= 0.6 is 22.9 Å². The van der Waals surface area contributed by atoms with Crippen LogP contribution in [0.4, 0.5) is 5.69 Å². The monoisotopic (exact) mass is 390 g/mol. The number of rotatable bonds is 4. The van der Waals surface area contributed by atoms with Crippen LogP contribution in [0, 0.1) is 19.8 Å². The molecule has 6 heteroatoms. The van der Waals surface area contributed by atoms with Gasteiger partial charge in [0.2, 0.25) is 11.8 Å². The predicted octanol–water partition coefficient (Wildman–Crippen LogP) is 4.44. The Kier molecular flexibility index (Phi) is 5.99. The number of hydrogen-bond donors (Lipinski definition) is 1. The molecule has 4 nitrogen and oxygen atoms in total. The fourth-order valence-electron chi connectivity index (χ4n) is 3.36. The van der Waals surface area contributed by atoms with Gasteiger partial charge in [-0.25, -0.2) is 0 Å². The van der Waals surface area contributed by atoms with Gasteiger partial charge in [0.1, 0.15) is 0 Å². The standard InChI is InChI=1S/C20H23ClN2O2S/c1-13-10-14(2)19(17(21)11-13)22-20(25)15-5-7-23(8-6-15)18(24)12-16-4-3-9-26-16/h3-4,9-11,15H,5-8,12H2,1-2H3,(H,22,25). The Morgan fingerprint density at radius 3 is 2.62 bits per heavy atom. The van der Waals surface area contributed by atoms with E-state index in [9.17, 15) is 9.59 Å². The molecule has 1 fully saturated rings. The number of piperidine rings is 1. The summed E-state index contributed by atoms with van der Waals surface area (Å²) in [5, 5.41) is 5.54. The maximum Gasteiger partial charge on any atom is 0.227 e. The molecule has 0 spiro atoms. The van der Waals surface area contributed by atoms with Crippen LogP contribution in [0.5, 0.6) is 0 Å². The molecule has 3 rings (SSSR count). The SMILES string of the molecule is Cc1cc(C)c(NC(=O)C2CCN(C(=O)Cc3cccs3)CC2)c(Cl)c1. The highest BCUT2D eigenvalue weighted by Gasteiger charge is 2.28. The lowest BCUT2D eigenvalue weighted by atomic mass is 9.95. The van der Waals surface area contributed by atoms with Crippen LogP contribution < -0.4 is 5.32 Å². The van der Waals surface area contributed by atoms with Crippen LogP contribution in [-0.2, 0) is 16.0 Å². The van der Waals surface area contributed by atoms with Gasteiger partial charge >= 0.3 is 0 Å². The van der Waals surface area contributed by atoms with Gasteiger partial charge in [0.05, 0.1) is 17.1 Å². The molecule has 1 aliphatic rings. The average Bonchev–Trinajstić information content (AvgIpc) is 3.11. The first kappa shape index (κ1) is 18.9. The second-order valence-electron chi connectivity index (χ2n) is 6.84. The number of carbonyl (C=O) groups is 2. The molecular formula is C20H23ClN2O2S. The zero-order valence-electron chi connectivity index (χ0n) is 15.0. The first-order valence-corrected chi connectivity index (χ1v) is 10.1. The summed E-state index contributed by atoms with van der Waals surface area (Å²) in [6.45, 7) is 5.18. The maximum absolute atomic E-state index is 12.6. The predicted molar refractivity (Wildman–Crippen MR) is 107 cm³/mol. The van der Waals surface area contributed by atoms with Crippen molar-refractivity contribution < 1.29 is 9.59 Å². The van der Waals surface area contributed by atoms with Crippen LogP contribution in [-0.4, -0.2) is 29.8 Å². The van der Waals surface area contributed by atoms with Gasteiger partial charge in [-0.1, -0.05) is 23.7 Å². The van der Waals surface area contributed by atoms with Crippen molar-refractivity contribution in [1.29, 1.82) is 0 Å². The van der Waals surface area contributed by atoms with Crippen molar-refractivity contribution in [3.8, 4) is 0 Å². The molecule has 0 atom stereocenters. The van der Waals surface area contributed by atoms with Crippen LogP contribution in [0.3, 0.4) is 0 Å². The number of amides is 2.